The molecular weight excluding hydrogens is 997 g/mol. The van der Waals surface area contributed by atoms with Crippen molar-refractivity contribution < 1.29 is 28.6 Å². The van der Waals surface area contributed by atoms with Crippen molar-refractivity contribution in [2.75, 3.05) is 13.2 Å². The van der Waals surface area contributed by atoms with Crippen molar-refractivity contribution in [3.05, 3.63) is 146 Å². The molecule has 0 aliphatic rings. The summed E-state index contributed by atoms with van der Waals surface area (Å²) in [6, 6.07) is 0. The van der Waals surface area contributed by atoms with Crippen molar-refractivity contribution in [3.63, 3.8) is 0 Å². The third-order valence-electron chi connectivity index (χ3n) is 13.8. The van der Waals surface area contributed by atoms with Crippen LogP contribution in [0.15, 0.2) is 146 Å². The predicted octanol–water partition coefficient (Wildman–Crippen LogP) is 23.1. The Hall–Kier alpha value is -4.71. The highest BCUT2D eigenvalue weighted by atomic mass is 16.6. The first kappa shape index (κ1) is 76.3. The molecule has 0 aliphatic carbocycles. The van der Waals surface area contributed by atoms with Crippen molar-refractivity contribution in [1.29, 1.82) is 0 Å². The highest BCUT2D eigenvalue weighted by Gasteiger charge is 2.19. The zero-order valence-electron chi connectivity index (χ0n) is 52.5. The Bertz CT molecular complexity index is 1760. The summed E-state index contributed by atoms with van der Waals surface area (Å²) in [5, 5.41) is 0. The van der Waals surface area contributed by atoms with E-state index in [0.29, 0.717) is 19.3 Å². The molecule has 1 atom stereocenters. The maximum atomic E-state index is 12.9. The molecule has 0 aromatic carbocycles. The SMILES string of the molecule is CC/C=C\C/C=C\C/C=C\C/C=C\C/C=C\C/C=C\CCCCCCCCCCCCC(=O)OCC(COC(=O)CCCCCCC/C=C\C/C=C\CCCCC)OC(=O)CCCCCCCC/C=C\C/C=C\C/C=C\C/C=C\CC. The lowest BCUT2D eigenvalue weighted by atomic mass is 10.1. The maximum absolute atomic E-state index is 12.9. The van der Waals surface area contributed by atoms with Crippen molar-refractivity contribution in [2.45, 2.75) is 297 Å². The van der Waals surface area contributed by atoms with Gasteiger partial charge in [0.2, 0.25) is 0 Å². The van der Waals surface area contributed by atoms with E-state index >= 15 is 0 Å². The molecule has 0 rings (SSSR count). The van der Waals surface area contributed by atoms with Crippen molar-refractivity contribution in [3.8, 4) is 0 Å². The topological polar surface area (TPSA) is 78.9 Å². The summed E-state index contributed by atoms with van der Waals surface area (Å²) >= 11 is 0. The van der Waals surface area contributed by atoms with Gasteiger partial charge >= 0.3 is 17.9 Å². The van der Waals surface area contributed by atoms with Crippen LogP contribution in [0.3, 0.4) is 0 Å². The Morgan fingerprint density at radius 1 is 0.259 bits per heavy atom. The van der Waals surface area contributed by atoms with Crippen molar-refractivity contribution >= 4 is 17.9 Å². The molecule has 0 amide bonds. The fraction of sp³-hybridized carbons (Fsp3) is 0.640. The van der Waals surface area contributed by atoms with Gasteiger partial charge in [-0.1, -0.05) is 276 Å². The summed E-state index contributed by atoms with van der Waals surface area (Å²) in [4.78, 5) is 38.4. The first-order valence-corrected chi connectivity index (χ1v) is 33.3. The molecule has 0 aromatic heterocycles. The average molecular weight is 1120 g/mol. The van der Waals surface area contributed by atoms with E-state index in [1.807, 2.05) is 0 Å². The molecule has 0 saturated carbocycles. The lowest BCUT2D eigenvalue weighted by Crippen LogP contribution is -2.30. The van der Waals surface area contributed by atoms with Crippen LogP contribution in [-0.4, -0.2) is 37.2 Å². The minimum absolute atomic E-state index is 0.0950. The van der Waals surface area contributed by atoms with E-state index in [2.05, 4.69) is 167 Å². The quantitative estimate of drug-likeness (QED) is 0.0261. The fourth-order valence-corrected chi connectivity index (χ4v) is 8.88. The van der Waals surface area contributed by atoms with Crippen LogP contribution >= 0.6 is 0 Å². The largest absolute Gasteiger partial charge is 0.462 e. The number of ether oxygens (including phenoxy) is 3. The van der Waals surface area contributed by atoms with Gasteiger partial charge in [0, 0.05) is 19.3 Å². The number of rotatable bonds is 59. The summed E-state index contributed by atoms with van der Waals surface area (Å²) in [5.74, 6) is -0.925. The molecule has 0 aliphatic heterocycles. The second kappa shape index (κ2) is 67.8. The number of carbonyl (C=O) groups excluding carboxylic acids is 3. The summed E-state index contributed by atoms with van der Waals surface area (Å²) < 4.78 is 16.9. The van der Waals surface area contributed by atoms with Gasteiger partial charge in [0.1, 0.15) is 13.2 Å². The van der Waals surface area contributed by atoms with Crippen LogP contribution in [0.4, 0.5) is 0 Å². The summed E-state index contributed by atoms with van der Waals surface area (Å²) in [7, 11) is 0. The van der Waals surface area contributed by atoms with Gasteiger partial charge in [-0.2, -0.15) is 0 Å². The zero-order valence-corrected chi connectivity index (χ0v) is 52.5. The predicted molar refractivity (Wildman–Crippen MR) is 352 cm³/mol. The monoisotopic (exact) mass is 1120 g/mol. The fourth-order valence-electron chi connectivity index (χ4n) is 8.88. The lowest BCUT2D eigenvalue weighted by molar-refractivity contribution is -0.167. The van der Waals surface area contributed by atoms with Gasteiger partial charge in [-0.25, -0.2) is 0 Å². The molecule has 0 saturated heterocycles. The number of carbonyl (C=O) groups is 3. The van der Waals surface area contributed by atoms with Crippen molar-refractivity contribution in [1.82, 2.24) is 0 Å². The van der Waals surface area contributed by atoms with Crippen LogP contribution in [0.5, 0.6) is 0 Å². The smallest absolute Gasteiger partial charge is 0.306 e. The van der Waals surface area contributed by atoms with Gasteiger partial charge in [-0.15, -0.1) is 0 Å². The van der Waals surface area contributed by atoms with Crippen LogP contribution in [0.2, 0.25) is 0 Å². The first-order valence-electron chi connectivity index (χ1n) is 33.3. The third kappa shape index (κ3) is 66.0. The maximum Gasteiger partial charge on any atom is 0.306 e. The number of hydrogen-bond acceptors (Lipinski definition) is 6. The molecule has 0 N–H and O–H groups in total. The molecule has 0 radical (unpaired) electrons. The molecule has 0 fully saturated rings. The molecule has 1 unspecified atom stereocenters. The summed E-state index contributed by atoms with van der Waals surface area (Å²) in [6.45, 7) is 6.37. The second-order valence-electron chi connectivity index (χ2n) is 21.6. The molecular formula is C75H122O6. The van der Waals surface area contributed by atoms with Crippen LogP contribution in [0, 0.1) is 0 Å². The number of allylic oxidation sites excluding steroid dienone is 24. The van der Waals surface area contributed by atoms with E-state index in [4.69, 9.17) is 14.2 Å². The Morgan fingerprint density at radius 2 is 0.481 bits per heavy atom. The van der Waals surface area contributed by atoms with Gasteiger partial charge in [-0.3, -0.25) is 14.4 Å². The highest BCUT2D eigenvalue weighted by molar-refractivity contribution is 5.71. The number of hydrogen-bond donors (Lipinski definition) is 0. The van der Waals surface area contributed by atoms with E-state index in [0.717, 1.165) is 161 Å². The molecule has 6 heteroatoms. The number of unbranched alkanes of at least 4 members (excludes halogenated alkanes) is 24. The van der Waals surface area contributed by atoms with Crippen LogP contribution in [-0.2, 0) is 28.6 Å². The van der Waals surface area contributed by atoms with E-state index in [-0.39, 0.29) is 31.1 Å². The van der Waals surface area contributed by atoms with E-state index in [9.17, 15) is 14.4 Å². The summed E-state index contributed by atoms with van der Waals surface area (Å²) in [5.41, 5.74) is 0. The standard InChI is InChI=1S/C75H122O6/c1-4-7-10-13-16-19-22-25-28-30-32-33-34-35-36-37-38-39-40-41-43-44-47-50-53-56-59-62-65-68-74(77)80-71-72(70-79-73(76)67-64-61-58-55-52-49-46-27-24-21-18-15-12-9-6-3)81-75(78)69-66-63-60-57-54-51-48-45-42-31-29-26-23-20-17-14-11-8-5-2/h7-8,10-11,16-21,25-29,32-33,35-36,38-39,42,45-46,72H,4-6,9,12-15,22-24,30-31,34,37,40-41,43-44,47-71H2,1-3H3/b10-7-,11-8-,19-16-,20-17-,21-18-,28-25-,29-26-,33-32-,36-35-,39-38-,45-42-,46-27-. The second-order valence-corrected chi connectivity index (χ2v) is 21.6. The van der Waals surface area contributed by atoms with Gasteiger partial charge < -0.3 is 14.2 Å². The molecule has 0 heterocycles. The van der Waals surface area contributed by atoms with Crippen molar-refractivity contribution in [2.24, 2.45) is 0 Å². The minimum atomic E-state index is -0.801. The Kier molecular flexibility index (Phi) is 63.9. The Labute approximate surface area is 499 Å². The lowest BCUT2D eigenvalue weighted by Gasteiger charge is -2.18. The molecule has 0 spiro atoms. The van der Waals surface area contributed by atoms with E-state index in [1.54, 1.807) is 0 Å². The van der Waals surface area contributed by atoms with E-state index in [1.165, 1.54) is 89.9 Å². The van der Waals surface area contributed by atoms with Gasteiger partial charge in [0.25, 0.3) is 0 Å². The molecule has 0 aromatic rings. The Balaban J connectivity index is 4.38. The number of esters is 3. The molecule has 6 nitrogen and oxygen atoms in total. The minimum Gasteiger partial charge on any atom is -0.462 e. The normalized spacial score (nSPS) is 13.1. The van der Waals surface area contributed by atoms with Crippen LogP contribution < -0.4 is 0 Å². The van der Waals surface area contributed by atoms with Gasteiger partial charge in [-0.05, 0) is 141 Å². The average Bonchev–Trinajstić information content (AvgIpc) is 3.47. The Morgan fingerprint density at radius 3 is 0.753 bits per heavy atom. The molecule has 0 bridgehead atoms. The molecule has 81 heavy (non-hydrogen) atoms. The van der Waals surface area contributed by atoms with E-state index < -0.39 is 6.10 Å². The van der Waals surface area contributed by atoms with Gasteiger partial charge in [0.05, 0.1) is 0 Å². The highest BCUT2D eigenvalue weighted by Crippen LogP contribution is 2.15. The third-order valence-corrected chi connectivity index (χ3v) is 13.8. The van der Waals surface area contributed by atoms with Crippen LogP contribution in [0.25, 0.3) is 0 Å². The first-order chi connectivity index (χ1) is 40.0. The van der Waals surface area contributed by atoms with Gasteiger partial charge in [0.15, 0.2) is 6.10 Å². The van der Waals surface area contributed by atoms with Crippen LogP contribution in [0.1, 0.15) is 290 Å². The zero-order chi connectivity index (χ0) is 58.5. The summed E-state index contributed by atoms with van der Waals surface area (Å²) in [6.07, 6.45) is 97.1. The molecule has 458 valence electrons.